The van der Waals surface area contributed by atoms with Gasteiger partial charge in [0.2, 0.25) is 5.88 Å². The van der Waals surface area contributed by atoms with Gasteiger partial charge in [-0.05, 0) is 18.2 Å². The molecule has 4 rings (SSSR count). The van der Waals surface area contributed by atoms with E-state index in [1.165, 1.54) is 29.2 Å². The molecule has 1 saturated heterocycles. The highest BCUT2D eigenvalue weighted by Crippen LogP contribution is 2.39. The van der Waals surface area contributed by atoms with Crippen LogP contribution in [0.4, 0.5) is 29.1 Å². The van der Waals surface area contributed by atoms with Crippen molar-refractivity contribution < 1.29 is 26.9 Å². The number of benzene rings is 2. The number of piperazine rings is 1. The summed E-state index contributed by atoms with van der Waals surface area (Å²) < 4.78 is 59.3. The molecule has 1 aromatic heterocycles. The van der Waals surface area contributed by atoms with Crippen LogP contribution in [0.15, 0.2) is 53.1 Å². The molecule has 0 radical (unpaired) electrons. The Hall–Kier alpha value is -3.56. The van der Waals surface area contributed by atoms with Crippen LogP contribution in [0.1, 0.15) is 15.9 Å². The van der Waals surface area contributed by atoms with Gasteiger partial charge in [0.25, 0.3) is 5.91 Å². The predicted octanol–water partition coefficient (Wildman–Crippen LogP) is 4.04. The number of para-hydroxylation sites is 1. The topological polar surface area (TPSA) is 75.6 Å². The Kier molecular flexibility index (Phi) is 5.30. The minimum Gasteiger partial charge on any atom is -0.367 e. The molecule has 2 N–H and O–H groups in total. The van der Waals surface area contributed by atoms with Crippen LogP contribution in [0, 0.1) is 5.82 Å². The van der Waals surface area contributed by atoms with E-state index in [4.69, 9.17) is 10.3 Å². The Labute approximate surface area is 174 Å². The number of carbonyl (C=O) groups excluding carboxylic acids is 1. The first-order chi connectivity index (χ1) is 14.8. The Morgan fingerprint density at radius 1 is 1.00 bits per heavy atom. The number of carbonyl (C=O) groups is 1. The van der Waals surface area contributed by atoms with E-state index in [2.05, 4.69) is 5.16 Å². The van der Waals surface area contributed by atoms with Gasteiger partial charge in [0.15, 0.2) is 0 Å². The van der Waals surface area contributed by atoms with Gasteiger partial charge in [-0.15, -0.1) is 0 Å². The van der Waals surface area contributed by atoms with E-state index in [0.29, 0.717) is 18.8 Å². The average molecular weight is 434 g/mol. The molecule has 1 aliphatic heterocycles. The van der Waals surface area contributed by atoms with Crippen molar-refractivity contribution in [1.82, 2.24) is 10.1 Å². The Balaban J connectivity index is 1.59. The summed E-state index contributed by atoms with van der Waals surface area (Å²) in [4.78, 5) is 16.4. The van der Waals surface area contributed by atoms with E-state index in [0.717, 1.165) is 6.07 Å². The fraction of sp³-hybridized carbons (Fsp3) is 0.238. The molecule has 162 valence electrons. The molecule has 6 nitrogen and oxygen atoms in total. The molecule has 0 unspecified atom stereocenters. The van der Waals surface area contributed by atoms with Gasteiger partial charge in [0.05, 0.1) is 11.3 Å². The molecule has 10 heteroatoms. The molecule has 0 aliphatic carbocycles. The van der Waals surface area contributed by atoms with Crippen molar-refractivity contribution in [2.24, 2.45) is 0 Å². The zero-order valence-electron chi connectivity index (χ0n) is 16.2. The van der Waals surface area contributed by atoms with Gasteiger partial charge >= 0.3 is 6.18 Å². The van der Waals surface area contributed by atoms with Crippen LogP contribution in [0.25, 0.3) is 11.3 Å². The van der Waals surface area contributed by atoms with E-state index >= 15 is 0 Å². The van der Waals surface area contributed by atoms with Gasteiger partial charge in [-0.1, -0.05) is 35.5 Å². The number of hydrogen-bond donors (Lipinski definition) is 1. The van der Waals surface area contributed by atoms with Crippen LogP contribution in [0.2, 0.25) is 0 Å². The van der Waals surface area contributed by atoms with Crippen molar-refractivity contribution in [1.29, 1.82) is 0 Å². The summed E-state index contributed by atoms with van der Waals surface area (Å²) in [7, 11) is 0. The summed E-state index contributed by atoms with van der Waals surface area (Å²) in [6.45, 7) is 1.18. The summed E-state index contributed by atoms with van der Waals surface area (Å²) in [5.41, 5.74) is 4.49. The number of halogens is 4. The van der Waals surface area contributed by atoms with E-state index < -0.39 is 17.6 Å². The number of hydrogen-bond acceptors (Lipinski definition) is 5. The molecule has 2 heterocycles. The molecule has 3 aromatic rings. The minimum atomic E-state index is -4.64. The lowest BCUT2D eigenvalue weighted by Gasteiger charge is -2.36. The normalized spacial score (nSPS) is 14.7. The third-order valence-corrected chi connectivity index (χ3v) is 5.18. The standard InChI is InChI=1S/C21H18F4N4O2/c22-15-7-3-4-8-16(15)28-9-11-29(12-10-28)20(30)17-18(27-31-19(17)26)13-5-1-2-6-14(13)21(23,24)25/h1-8H,9-12,26H2. The van der Waals surface area contributed by atoms with Gasteiger partial charge in [-0.2, -0.15) is 13.2 Å². The molecule has 31 heavy (non-hydrogen) atoms. The van der Waals surface area contributed by atoms with Crippen molar-refractivity contribution in [3.05, 3.63) is 65.5 Å². The second-order valence-corrected chi connectivity index (χ2v) is 7.04. The van der Waals surface area contributed by atoms with E-state index in [1.54, 1.807) is 23.1 Å². The van der Waals surface area contributed by atoms with Crippen LogP contribution in [0.3, 0.4) is 0 Å². The van der Waals surface area contributed by atoms with Crippen molar-refractivity contribution in [3.63, 3.8) is 0 Å². The summed E-state index contributed by atoms with van der Waals surface area (Å²) >= 11 is 0. The lowest BCUT2D eigenvalue weighted by molar-refractivity contribution is -0.137. The minimum absolute atomic E-state index is 0.212. The molecule has 1 amide bonds. The van der Waals surface area contributed by atoms with Gasteiger partial charge in [0, 0.05) is 31.7 Å². The maximum Gasteiger partial charge on any atom is 0.417 e. The molecule has 1 aliphatic rings. The highest BCUT2D eigenvalue weighted by Gasteiger charge is 2.37. The number of nitrogen functional groups attached to an aromatic ring is 1. The third-order valence-electron chi connectivity index (χ3n) is 5.18. The van der Waals surface area contributed by atoms with Crippen LogP contribution in [-0.2, 0) is 6.18 Å². The molecule has 0 spiro atoms. The Bertz CT molecular complexity index is 1100. The summed E-state index contributed by atoms with van der Waals surface area (Å²) in [6.07, 6.45) is -4.64. The quantitative estimate of drug-likeness (QED) is 0.630. The highest BCUT2D eigenvalue weighted by molar-refractivity contribution is 6.04. The number of amides is 1. The molecular weight excluding hydrogens is 416 g/mol. The summed E-state index contributed by atoms with van der Waals surface area (Å²) in [6, 6.07) is 11.1. The summed E-state index contributed by atoms with van der Waals surface area (Å²) in [5, 5.41) is 3.64. The van der Waals surface area contributed by atoms with Crippen molar-refractivity contribution >= 4 is 17.5 Å². The summed E-state index contributed by atoms with van der Waals surface area (Å²) in [5.74, 6) is -1.30. The second-order valence-electron chi connectivity index (χ2n) is 7.04. The average Bonchev–Trinajstić information content (AvgIpc) is 3.14. The zero-order chi connectivity index (χ0) is 22.2. The SMILES string of the molecule is Nc1onc(-c2ccccc2C(F)(F)F)c1C(=O)N1CCN(c2ccccc2F)CC1. The molecule has 0 saturated carbocycles. The zero-order valence-corrected chi connectivity index (χ0v) is 16.2. The van der Waals surface area contributed by atoms with Gasteiger partial charge < -0.3 is 20.1 Å². The van der Waals surface area contributed by atoms with Crippen LogP contribution >= 0.6 is 0 Å². The number of anilines is 2. The van der Waals surface area contributed by atoms with Gasteiger partial charge in [-0.25, -0.2) is 4.39 Å². The lowest BCUT2D eigenvalue weighted by atomic mass is 10.00. The van der Waals surface area contributed by atoms with E-state index in [1.807, 2.05) is 0 Å². The molecule has 2 aromatic carbocycles. The lowest BCUT2D eigenvalue weighted by Crippen LogP contribution is -2.49. The smallest absolute Gasteiger partial charge is 0.367 e. The maximum absolute atomic E-state index is 14.0. The molecular formula is C21H18F4N4O2. The Morgan fingerprint density at radius 2 is 1.65 bits per heavy atom. The van der Waals surface area contributed by atoms with Crippen LogP contribution in [-0.4, -0.2) is 42.1 Å². The van der Waals surface area contributed by atoms with Gasteiger partial charge in [-0.3, -0.25) is 4.79 Å². The largest absolute Gasteiger partial charge is 0.417 e. The molecule has 1 fully saturated rings. The number of rotatable bonds is 3. The highest BCUT2D eigenvalue weighted by atomic mass is 19.4. The first-order valence-corrected chi connectivity index (χ1v) is 9.48. The van der Waals surface area contributed by atoms with Crippen molar-refractivity contribution in [2.45, 2.75) is 6.18 Å². The molecule has 0 bridgehead atoms. The number of alkyl halides is 3. The fourth-order valence-corrected chi connectivity index (χ4v) is 3.65. The Morgan fingerprint density at radius 3 is 2.32 bits per heavy atom. The van der Waals surface area contributed by atoms with Crippen molar-refractivity contribution in [2.75, 3.05) is 36.8 Å². The predicted molar refractivity (Wildman–Crippen MR) is 106 cm³/mol. The number of aromatic nitrogens is 1. The van der Waals surface area contributed by atoms with Crippen LogP contribution < -0.4 is 10.6 Å². The monoisotopic (exact) mass is 434 g/mol. The first-order valence-electron chi connectivity index (χ1n) is 9.48. The van der Waals surface area contributed by atoms with E-state index in [-0.39, 0.29) is 41.6 Å². The second kappa shape index (κ2) is 7.93. The van der Waals surface area contributed by atoms with E-state index in [9.17, 15) is 22.4 Å². The maximum atomic E-state index is 14.0. The van der Waals surface area contributed by atoms with Gasteiger partial charge in [0.1, 0.15) is 17.1 Å². The van der Waals surface area contributed by atoms with Crippen LogP contribution in [0.5, 0.6) is 0 Å². The fourth-order valence-electron chi connectivity index (χ4n) is 3.65. The molecule has 0 atom stereocenters. The number of nitrogens with zero attached hydrogens (tertiary/aromatic N) is 3. The first kappa shape index (κ1) is 20.7. The third kappa shape index (κ3) is 3.92. The number of nitrogens with two attached hydrogens (primary N) is 1. The van der Waals surface area contributed by atoms with Crippen molar-refractivity contribution in [3.8, 4) is 11.3 Å².